The van der Waals surface area contributed by atoms with Gasteiger partial charge in [-0.15, -0.1) is 0 Å². The van der Waals surface area contributed by atoms with Gasteiger partial charge in [-0.25, -0.2) is 17.6 Å². The number of rotatable bonds is 10. The molecule has 1 aliphatic rings. The minimum atomic E-state index is -3.77. The minimum Gasteiger partial charge on any atom is -0.478 e. The molecule has 0 radical (unpaired) electrons. The molecule has 0 saturated carbocycles. The Morgan fingerprint density at radius 2 is 1.80 bits per heavy atom. The number of likely N-dealkylation sites (N-methyl/N-ethyl adjacent to an activating group) is 1. The molecule has 7 nitrogen and oxygen atoms in total. The van der Waals surface area contributed by atoms with Crippen LogP contribution in [0.15, 0.2) is 83.4 Å². The van der Waals surface area contributed by atoms with Crippen molar-refractivity contribution in [2.75, 3.05) is 26.9 Å². The van der Waals surface area contributed by atoms with Gasteiger partial charge >= 0.3 is 0 Å². The molecular weight excluding hydrogens is 553 g/mol. The predicted molar refractivity (Wildman–Crippen MR) is 154 cm³/mol. The molecule has 3 aromatic carbocycles. The van der Waals surface area contributed by atoms with Crippen molar-refractivity contribution >= 4 is 27.4 Å². The molecule has 0 spiro atoms. The topological polar surface area (TPSA) is 79.0 Å². The highest BCUT2D eigenvalue weighted by Crippen LogP contribution is 2.36. The second-order valence-corrected chi connectivity index (χ2v) is 12.5. The summed E-state index contributed by atoms with van der Waals surface area (Å²) in [6.07, 6.45) is 0. The average molecular weight is 586 g/mol. The highest BCUT2D eigenvalue weighted by atomic mass is 35.5. The standard InChI is InChI=1S/C30H33ClFN3O4S/c1-21-17-34(22(2)28(19-36)35(21)18-23-9-12-25(32)13-10-23)20-39-29-14-11-24(31)15-27(29)30(16-33-3)40(37,38)26-7-5-4-6-8-26/h4-15,21-22,30,33H,16-18,20H2,1-3H3/t21-,22+,30?/m1/s1. The van der Waals surface area contributed by atoms with E-state index in [-0.39, 0.29) is 36.1 Å². The van der Waals surface area contributed by atoms with E-state index < -0.39 is 15.1 Å². The Morgan fingerprint density at radius 1 is 1.10 bits per heavy atom. The van der Waals surface area contributed by atoms with Gasteiger partial charge in [-0.2, -0.15) is 0 Å². The molecular formula is C30H33ClFN3O4S. The number of nitrogens with zero attached hydrogens (tertiary/aromatic N) is 2. The Balaban J connectivity index is 1.56. The maximum Gasteiger partial charge on any atom is 0.186 e. The van der Waals surface area contributed by atoms with Gasteiger partial charge in [-0.3, -0.25) is 4.90 Å². The zero-order chi connectivity index (χ0) is 28.9. The normalized spacial score (nSPS) is 18.8. The van der Waals surface area contributed by atoms with E-state index in [0.717, 1.165) is 5.56 Å². The van der Waals surface area contributed by atoms with Crippen molar-refractivity contribution in [1.82, 2.24) is 15.1 Å². The first-order valence-electron chi connectivity index (χ1n) is 13.0. The number of hydrogen-bond donors (Lipinski definition) is 1. The van der Waals surface area contributed by atoms with Crippen molar-refractivity contribution in [3.05, 3.63) is 100 Å². The third-order valence-electron chi connectivity index (χ3n) is 7.19. The summed E-state index contributed by atoms with van der Waals surface area (Å²) in [5.41, 5.74) is 1.81. The third kappa shape index (κ3) is 6.57. The molecule has 0 bridgehead atoms. The Kier molecular flexibility index (Phi) is 9.66. The molecule has 1 saturated heterocycles. The van der Waals surface area contributed by atoms with Crippen LogP contribution < -0.4 is 10.1 Å². The molecule has 10 heteroatoms. The highest BCUT2D eigenvalue weighted by Gasteiger charge is 2.35. The molecule has 212 valence electrons. The summed E-state index contributed by atoms with van der Waals surface area (Å²) in [4.78, 5) is 16.3. The number of piperazine rings is 1. The smallest absolute Gasteiger partial charge is 0.186 e. The molecule has 40 heavy (non-hydrogen) atoms. The maximum atomic E-state index is 13.7. The van der Waals surface area contributed by atoms with E-state index in [1.165, 1.54) is 12.1 Å². The van der Waals surface area contributed by atoms with Crippen molar-refractivity contribution in [2.24, 2.45) is 0 Å². The summed E-state index contributed by atoms with van der Waals surface area (Å²) in [5, 5.41) is 2.44. The quantitative estimate of drug-likeness (QED) is 0.340. The predicted octanol–water partition coefficient (Wildman–Crippen LogP) is 4.86. The van der Waals surface area contributed by atoms with Gasteiger partial charge in [0.05, 0.1) is 10.9 Å². The van der Waals surface area contributed by atoms with Crippen molar-refractivity contribution < 1.29 is 22.3 Å². The molecule has 3 atom stereocenters. The molecule has 0 amide bonds. The fraction of sp³-hybridized carbons (Fsp3) is 0.333. The molecule has 1 N–H and O–H groups in total. The van der Waals surface area contributed by atoms with Crippen LogP contribution in [0.2, 0.25) is 5.02 Å². The van der Waals surface area contributed by atoms with Gasteiger partial charge < -0.3 is 15.0 Å². The fourth-order valence-electron chi connectivity index (χ4n) is 4.98. The van der Waals surface area contributed by atoms with Gasteiger partial charge in [-0.05, 0) is 68.9 Å². The van der Waals surface area contributed by atoms with Gasteiger partial charge in [-0.1, -0.05) is 41.9 Å². The van der Waals surface area contributed by atoms with Crippen molar-refractivity contribution in [3.63, 3.8) is 0 Å². The third-order valence-corrected chi connectivity index (χ3v) is 9.53. The van der Waals surface area contributed by atoms with Crippen LogP contribution in [0, 0.1) is 5.82 Å². The van der Waals surface area contributed by atoms with E-state index in [1.54, 1.807) is 67.7 Å². The molecule has 1 unspecified atom stereocenters. The summed E-state index contributed by atoms with van der Waals surface area (Å²) in [6.45, 7) is 5.21. The SMILES string of the molecule is CNCC(c1cc(Cl)ccc1OCN1C[C@@H](C)N(Cc2ccc(F)cc2)C(=C=O)[C@@H]1C)S(=O)(=O)c1ccccc1. The molecule has 4 rings (SSSR count). The first-order valence-corrected chi connectivity index (χ1v) is 14.9. The molecule has 1 heterocycles. The first-order chi connectivity index (χ1) is 19.1. The Bertz CT molecular complexity index is 1460. The maximum absolute atomic E-state index is 13.7. The summed E-state index contributed by atoms with van der Waals surface area (Å²) < 4.78 is 46.9. The van der Waals surface area contributed by atoms with E-state index in [9.17, 15) is 17.6 Å². The Hall–Kier alpha value is -3.20. The molecule has 3 aromatic rings. The number of hydrogen-bond acceptors (Lipinski definition) is 7. The van der Waals surface area contributed by atoms with Crippen LogP contribution in [0.1, 0.15) is 30.2 Å². The first kappa shape index (κ1) is 29.8. The van der Waals surface area contributed by atoms with Gasteiger partial charge in [0.25, 0.3) is 0 Å². The van der Waals surface area contributed by atoms with Crippen molar-refractivity contribution in [3.8, 4) is 5.75 Å². The zero-order valence-corrected chi connectivity index (χ0v) is 24.3. The van der Waals surface area contributed by atoms with E-state index in [1.807, 2.05) is 23.6 Å². The summed E-state index contributed by atoms with van der Waals surface area (Å²) in [5.74, 6) is 2.19. The Labute approximate surface area is 240 Å². The molecule has 0 aliphatic carbocycles. The number of ether oxygens (including phenoxy) is 1. The van der Waals surface area contributed by atoms with Gasteiger partial charge in [0.15, 0.2) is 9.84 Å². The van der Waals surface area contributed by atoms with E-state index in [2.05, 4.69) is 11.3 Å². The summed E-state index contributed by atoms with van der Waals surface area (Å²) >= 11 is 6.32. The lowest BCUT2D eigenvalue weighted by Crippen LogP contribution is -2.55. The van der Waals surface area contributed by atoms with Gasteiger partial charge in [0.2, 0.25) is 0 Å². The number of halogens is 2. The largest absolute Gasteiger partial charge is 0.478 e. The van der Waals surface area contributed by atoms with Crippen LogP contribution in [-0.2, 0) is 21.2 Å². The van der Waals surface area contributed by atoms with E-state index in [4.69, 9.17) is 16.3 Å². The number of carbonyl (C=O) groups excluding carboxylic acids is 1. The van der Waals surface area contributed by atoms with Crippen LogP contribution in [0.4, 0.5) is 4.39 Å². The monoisotopic (exact) mass is 585 g/mol. The van der Waals surface area contributed by atoms with Gasteiger partial charge in [0, 0.05) is 36.3 Å². The number of sulfone groups is 1. The minimum absolute atomic E-state index is 0.0542. The van der Waals surface area contributed by atoms with Crippen molar-refractivity contribution in [1.29, 1.82) is 0 Å². The van der Waals surface area contributed by atoms with E-state index >= 15 is 0 Å². The second kappa shape index (κ2) is 13.0. The van der Waals surface area contributed by atoms with Gasteiger partial charge in [0.1, 0.15) is 35.2 Å². The van der Waals surface area contributed by atoms with Crippen LogP contribution in [0.5, 0.6) is 5.75 Å². The second-order valence-electron chi connectivity index (χ2n) is 9.90. The van der Waals surface area contributed by atoms with Crippen LogP contribution in [0.25, 0.3) is 0 Å². The lowest BCUT2D eigenvalue weighted by Gasteiger charge is -2.45. The lowest BCUT2D eigenvalue weighted by molar-refractivity contribution is 0.0282. The molecule has 0 aromatic heterocycles. The van der Waals surface area contributed by atoms with E-state index in [0.29, 0.717) is 35.1 Å². The zero-order valence-electron chi connectivity index (χ0n) is 22.7. The fourth-order valence-corrected chi connectivity index (χ4v) is 6.93. The molecule has 1 aliphatic heterocycles. The number of benzene rings is 3. The summed E-state index contributed by atoms with van der Waals surface area (Å²) in [6, 6.07) is 19.1. The average Bonchev–Trinajstić information content (AvgIpc) is 2.95. The van der Waals surface area contributed by atoms with Crippen LogP contribution >= 0.6 is 11.6 Å². The van der Waals surface area contributed by atoms with Crippen LogP contribution in [0.3, 0.4) is 0 Å². The summed E-state index contributed by atoms with van der Waals surface area (Å²) in [7, 11) is -2.08. The molecule has 1 fully saturated rings. The lowest BCUT2D eigenvalue weighted by atomic mass is 10.0. The highest BCUT2D eigenvalue weighted by molar-refractivity contribution is 7.91. The van der Waals surface area contributed by atoms with Crippen LogP contribution in [-0.4, -0.2) is 63.1 Å². The van der Waals surface area contributed by atoms with Crippen molar-refractivity contribution in [2.45, 2.75) is 42.6 Å². The number of nitrogens with one attached hydrogen (secondary N) is 1. The Morgan fingerprint density at radius 3 is 2.45 bits per heavy atom.